The fraction of sp³-hybridized carbons (Fsp3) is 0.400. The van der Waals surface area contributed by atoms with Crippen LogP contribution in [0.25, 0.3) is 0 Å². The van der Waals surface area contributed by atoms with E-state index < -0.39 is 5.60 Å². The van der Waals surface area contributed by atoms with Crippen molar-refractivity contribution in [3.8, 4) is 0 Å². The van der Waals surface area contributed by atoms with E-state index in [-0.39, 0.29) is 18.3 Å². The van der Waals surface area contributed by atoms with Gasteiger partial charge in [0.05, 0.1) is 16.9 Å². The molecule has 0 bridgehead atoms. The van der Waals surface area contributed by atoms with Crippen molar-refractivity contribution in [2.45, 2.75) is 38.8 Å². The number of nitrogens with zero attached hydrogens (tertiary/aromatic N) is 2. The zero-order valence-corrected chi connectivity index (χ0v) is 12.5. The molecule has 0 spiro atoms. The van der Waals surface area contributed by atoms with Crippen LogP contribution in [0.2, 0.25) is 5.02 Å². The second-order valence-corrected chi connectivity index (χ2v) is 5.87. The van der Waals surface area contributed by atoms with Crippen LogP contribution in [0.15, 0.2) is 30.5 Å². The molecule has 0 fully saturated rings. The molecular weight excluding hydrogens is 279 g/mol. The Morgan fingerprint density at radius 1 is 1.45 bits per heavy atom. The summed E-state index contributed by atoms with van der Waals surface area (Å²) in [7, 11) is 0. The Hall–Kier alpha value is -1.39. The van der Waals surface area contributed by atoms with Gasteiger partial charge in [-0.3, -0.25) is 4.68 Å². The van der Waals surface area contributed by atoms with E-state index in [2.05, 4.69) is 5.10 Å². The zero-order valence-electron chi connectivity index (χ0n) is 11.8. The van der Waals surface area contributed by atoms with E-state index in [9.17, 15) is 9.50 Å². The molecule has 0 aliphatic carbocycles. The van der Waals surface area contributed by atoms with Gasteiger partial charge in [0, 0.05) is 12.5 Å². The van der Waals surface area contributed by atoms with Gasteiger partial charge in [0.15, 0.2) is 0 Å². The molecule has 5 heteroatoms. The third-order valence-corrected chi connectivity index (χ3v) is 3.46. The second-order valence-electron chi connectivity index (χ2n) is 5.46. The highest BCUT2D eigenvalue weighted by Crippen LogP contribution is 2.32. The highest BCUT2D eigenvalue weighted by Gasteiger charge is 2.31. The second kappa shape index (κ2) is 5.54. The predicted octanol–water partition coefficient (Wildman–Crippen LogP) is 3.71. The molecule has 0 aliphatic rings. The van der Waals surface area contributed by atoms with Gasteiger partial charge in [0.25, 0.3) is 0 Å². The Bertz CT molecular complexity index is 608. The van der Waals surface area contributed by atoms with E-state index in [1.807, 2.05) is 13.8 Å². The molecule has 20 heavy (non-hydrogen) atoms. The standard InChI is InChI=1S/C15H18ClFN2O/c1-10(2)19-14(13(16)9-18-19)15(3,20)8-11-5-4-6-12(17)7-11/h4-7,9-10,20H,8H2,1-3H3. The van der Waals surface area contributed by atoms with E-state index in [1.54, 1.807) is 23.7 Å². The molecule has 2 aromatic rings. The van der Waals surface area contributed by atoms with Gasteiger partial charge in [-0.15, -0.1) is 0 Å². The molecule has 0 aliphatic heterocycles. The van der Waals surface area contributed by atoms with Crippen LogP contribution < -0.4 is 0 Å². The summed E-state index contributed by atoms with van der Waals surface area (Å²) >= 11 is 6.15. The lowest BCUT2D eigenvalue weighted by Crippen LogP contribution is -2.29. The number of hydrogen-bond acceptors (Lipinski definition) is 2. The van der Waals surface area contributed by atoms with Crippen LogP contribution >= 0.6 is 11.6 Å². The maximum absolute atomic E-state index is 13.2. The van der Waals surface area contributed by atoms with Crippen molar-refractivity contribution >= 4 is 11.6 Å². The molecule has 108 valence electrons. The summed E-state index contributed by atoms with van der Waals surface area (Å²) in [5, 5.41) is 15.4. The van der Waals surface area contributed by atoms with Crippen molar-refractivity contribution in [2.24, 2.45) is 0 Å². The van der Waals surface area contributed by atoms with Gasteiger partial charge < -0.3 is 5.11 Å². The van der Waals surface area contributed by atoms with Crippen LogP contribution in [-0.2, 0) is 12.0 Å². The molecule has 3 nitrogen and oxygen atoms in total. The minimum atomic E-state index is -1.22. The maximum Gasteiger partial charge on any atom is 0.123 e. The average molecular weight is 297 g/mol. The van der Waals surface area contributed by atoms with Crippen molar-refractivity contribution in [2.75, 3.05) is 0 Å². The number of aromatic nitrogens is 2. The van der Waals surface area contributed by atoms with Crippen LogP contribution in [0.3, 0.4) is 0 Å². The fourth-order valence-corrected chi connectivity index (χ4v) is 2.70. The molecule has 1 N–H and O–H groups in total. The Balaban J connectivity index is 2.37. The first-order valence-corrected chi connectivity index (χ1v) is 6.89. The minimum absolute atomic E-state index is 0.0801. The van der Waals surface area contributed by atoms with Crippen molar-refractivity contribution in [3.63, 3.8) is 0 Å². The van der Waals surface area contributed by atoms with Crippen molar-refractivity contribution < 1.29 is 9.50 Å². The molecule has 1 aromatic carbocycles. The van der Waals surface area contributed by atoms with Gasteiger partial charge in [-0.2, -0.15) is 5.10 Å². The summed E-state index contributed by atoms with van der Waals surface area (Å²) in [6, 6.07) is 6.28. The molecule has 1 unspecified atom stereocenters. The molecule has 0 amide bonds. The Labute approximate surface area is 123 Å². The topological polar surface area (TPSA) is 38.0 Å². The van der Waals surface area contributed by atoms with E-state index in [0.29, 0.717) is 16.3 Å². The largest absolute Gasteiger partial charge is 0.383 e. The normalized spacial score (nSPS) is 14.6. The summed E-state index contributed by atoms with van der Waals surface area (Å²) in [6.45, 7) is 5.59. The van der Waals surface area contributed by atoms with Crippen LogP contribution in [0.4, 0.5) is 4.39 Å². The quantitative estimate of drug-likeness (QED) is 0.934. The zero-order chi connectivity index (χ0) is 14.9. The lowest BCUT2D eigenvalue weighted by atomic mass is 9.92. The first-order valence-electron chi connectivity index (χ1n) is 6.51. The summed E-state index contributed by atoms with van der Waals surface area (Å²) in [5.74, 6) is -0.318. The Kier molecular flexibility index (Phi) is 4.16. The summed E-state index contributed by atoms with van der Waals surface area (Å²) in [5.41, 5.74) is 0.0482. The summed E-state index contributed by atoms with van der Waals surface area (Å²) in [6.07, 6.45) is 1.79. The van der Waals surface area contributed by atoms with Crippen molar-refractivity contribution in [1.29, 1.82) is 0 Å². The smallest absolute Gasteiger partial charge is 0.123 e. The molecule has 1 aromatic heterocycles. The van der Waals surface area contributed by atoms with Gasteiger partial charge in [-0.05, 0) is 38.5 Å². The van der Waals surface area contributed by atoms with E-state index in [0.717, 1.165) is 0 Å². The molecule has 0 radical (unpaired) electrons. The minimum Gasteiger partial charge on any atom is -0.383 e. The maximum atomic E-state index is 13.2. The lowest BCUT2D eigenvalue weighted by molar-refractivity contribution is 0.0466. The third kappa shape index (κ3) is 3.02. The van der Waals surface area contributed by atoms with Gasteiger partial charge in [-0.1, -0.05) is 23.7 Å². The van der Waals surface area contributed by atoms with Crippen molar-refractivity contribution in [3.05, 3.63) is 52.6 Å². The van der Waals surface area contributed by atoms with Crippen LogP contribution in [0.5, 0.6) is 0 Å². The monoisotopic (exact) mass is 296 g/mol. The lowest BCUT2D eigenvalue weighted by Gasteiger charge is -2.26. The number of hydrogen-bond donors (Lipinski definition) is 1. The molecule has 1 heterocycles. The first kappa shape index (κ1) is 15.0. The molecule has 1 atom stereocenters. The fourth-order valence-electron chi connectivity index (χ4n) is 2.36. The molecule has 0 saturated carbocycles. The Morgan fingerprint density at radius 3 is 2.75 bits per heavy atom. The SMILES string of the molecule is CC(C)n1ncc(Cl)c1C(C)(O)Cc1cccc(F)c1. The van der Waals surface area contributed by atoms with Crippen LogP contribution in [-0.4, -0.2) is 14.9 Å². The van der Waals surface area contributed by atoms with Gasteiger partial charge in [0.1, 0.15) is 11.4 Å². The Morgan fingerprint density at radius 2 is 2.15 bits per heavy atom. The summed E-state index contributed by atoms with van der Waals surface area (Å²) < 4.78 is 14.9. The summed E-state index contributed by atoms with van der Waals surface area (Å²) in [4.78, 5) is 0. The highest BCUT2D eigenvalue weighted by molar-refractivity contribution is 6.31. The molecule has 0 saturated heterocycles. The van der Waals surface area contributed by atoms with Crippen molar-refractivity contribution in [1.82, 2.24) is 9.78 Å². The van der Waals surface area contributed by atoms with Gasteiger partial charge in [0.2, 0.25) is 0 Å². The third-order valence-electron chi connectivity index (χ3n) is 3.19. The van der Waals surface area contributed by atoms with E-state index in [4.69, 9.17) is 11.6 Å². The van der Waals surface area contributed by atoms with E-state index in [1.165, 1.54) is 18.3 Å². The highest BCUT2D eigenvalue weighted by atomic mass is 35.5. The first-order chi connectivity index (χ1) is 9.31. The van der Waals surface area contributed by atoms with Gasteiger partial charge >= 0.3 is 0 Å². The van der Waals surface area contributed by atoms with Gasteiger partial charge in [-0.25, -0.2) is 4.39 Å². The number of benzene rings is 1. The molecule has 2 rings (SSSR count). The number of rotatable bonds is 4. The number of aliphatic hydroxyl groups is 1. The predicted molar refractivity (Wildman–Crippen MR) is 77.3 cm³/mol. The van der Waals surface area contributed by atoms with E-state index >= 15 is 0 Å². The van der Waals surface area contributed by atoms with Crippen LogP contribution in [0.1, 0.15) is 38.1 Å². The average Bonchev–Trinajstić information content (AvgIpc) is 2.71. The van der Waals surface area contributed by atoms with Crippen LogP contribution in [0, 0.1) is 5.82 Å². The number of halogens is 2. The molecular formula is C15H18ClFN2O.